The van der Waals surface area contributed by atoms with Gasteiger partial charge in [-0.15, -0.1) is 11.8 Å². The Hall–Kier alpha value is -0.780. The van der Waals surface area contributed by atoms with E-state index in [9.17, 15) is 4.39 Å². The minimum atomic E-state index is -0.270. The Kier molecular flexibility index (Phi) is 4.87. The number of hydrogen-bond acceptors (Lipinski definition) is 4. The van der Waals surface area contributed by atoms with Crippen molar-refractivity contribution in [2.75, 3.05) is 20.5 Å². The second-order valence-corrected chi connectivity index (χ2v) is 3.67. The molecule has 1 rings (SSSR count). The smallest absolute Gasteiger partial charge is 0.137 e. The summed E-state index contributed by atoms with van der Waals surface area (Å²) in [6.45, 7) is 0.408. The summed E-state index contributed by atoms with van der Waals surface area (Å²) in [5.74, 6) is 0.418. The maximum atomic E-state index is 13.2. The fourth-order valence-electron chi connectivity index (χ4n) is 1.29. The molecule has 0 aliphatic heterocycles. The summed E-state index contributed by atoms with van der Waals surface area (Å²) in [7, 11) is 3.09. The number of hydroxylamine groups is 1. The van der Waals surface area contributed by atoms with Crippen molar-refractivity contribution in [3.8, 4) is 5.75 Å². The topological polar surface area (TPSA) is 30.5 Å². The summed E-state index contributed by atoms with van der Waals surface area (Å²) in [6, 6.07) is 2.89. The van der Waals surface area contributed by atoms with Gasteiger partial charge in [-0.3, -0.25) is 0 Å². The molecule has 1 N–H and O–H groups in total. The average molecular weight is 231 g/mol. The van der Waals surface area contributed by atoms with E-state index in [1.807, 2.05) is 6.26 Å². The van der Waals surface area contributed by atoms with Crippen molar-refractivity contribution in [3.63, 3.8) is 0 Å². The van der Waals surface area contributed by atoms with Gasteiger partial charge < -0.3 is 9.57 Å². The van der Waals surface area contributed by atoms with Gasteiger partial charge >= 0.3 is 0 Å². The van der Waals surface area contributed by atoms with E-state index in [0.717, 1.165) is 10.5 Å². The summed E-state index contributed by atoms with van der Waals surface area (Å²) in [5.41, 5.74) is 3.40. The Morgan fingerprint density at radius 2 is 2.13 bits per heavy atom. The normalized spacial score (nSPS) is 10.4. The lowest BCUT2D eigenvalue weighted by Crippen LogP contribution is -2.12. The second-order valence-electron chi connectivity index (χ2n) is 2.83. The van der Waals surface area contributed by atoms with E-state index >= 15 is 0 Å². The van der Waals surface area contributed by atoms with Crippen LogP contribution in [0.25, 0.3) is 0 Å². The molecular weight excluding hydrogens is 217 g/mol. The number of nitrogens with one attached hydrogen (secondary N) is 1. The molecule has 3 nitrogen and oxygen atoms in total. The zero-order chi connectivity index (χ0) is 11.3. The number of methoxy groups -OCH3 is 1. The predicted molar refractivity (Wildman–Crippen MR) is 58.6 cm³/mol. The van der Waals surface area contributed by atoms with E-state index < -0.39 is 0 Å². The zero-order valence-electron chi connectivity index (χ0n) is 8.96. The standard InChI is InChI=1S/C10H14FNO2S/c1-13-10-7(6-12-14-2)4-8(11)5-9(10)15-3/h4-5,12H,6H2,1-3H3. The third kappa shape index (κ3) is 3.09. The van der Waals surface area contributed by atoms with Crippen LogP contribution in [0, 0.1) is 5.82 Å². The summed E-state index contributed by atoms with van der Waals surface area (Å²) >= 11 is 1.45. The van der Waals surface area contributed by atoms with Crippen molar-refractivity contribution < 1.29 is 14.0 Å². The van der Waals surface area contributed by atoms with Crippen molar-refractivity contribution in [2.45, 2.75) is 11.4 Å². The van der Waals surface area contributed by atoms with Crippen molar-refractivity contribution in [1.29, 1.82) is 0 Å². The minimum absolute atomic E-state index is 0.270. The van der Waals surface area contributed by atoms with Gasteiger partial charge in [0.1, 0.15) is 11.6 Å². The van der Waals surface area contributed by atoms with E-state index in [2.05, 4.69) is 5.48 Å². The lowest BCUT2D eigenvalue weighted by atomic mass is 10.2. The van der Waals surface area contributed by atoms with Crippen LogP contribution >= 0.6 is 11.8 Å². The first-order chi connectivity index (χ1) is 7.22. The molecule has 1 aromatic rings. The molecule has 0 heterocycles. The third-order valence-corrected chi connectivity index (χ3v) is 2.67. The van der Waals surface area contributed by atoms with Gasteiger partial charge in [0.15, 0.2) is 0 Å². The molecule has 0 radical (unpaired) electrons. The Morgan fingerprint density at radius 1 is 1.40 bits per heavy atom. The van der Waals surface area contributed by atoms with Crippen molar-refractivity contribution in [2.24, 2.45) is 0 Å². The summed E-state index contributed by atoms with van der Waals surface area (Å²) < 4.78 is 18.5. The van der Waals surface area contributed by atoms with Crippen LogP contribution in [0.1, 0.15) is 5.56 Å². The fraction of sp³-hybridized carbons (Fsp3) is 0.400. The molecule has 5 heteroatoms. The van der Waals surface area contributed by atoms with Crippen molar-refractivity contribution in [1.82, 2.24) is 5.48 Å². The molecule has 0 saturated heterocycles. The number of benzene rings is 1. The Morgan fingerprint density at radius 3 is 2.67 bits per heavy atom. The van der Waals surface area contributed by atoms with Crippen molar-refractivity contribution in [3.05, 3.63) is 23.5 Å². The quantitative estimate of drug-likeness (QED) is 0.621. The molecule has 0 unspecified atom stereocenters. The van der Waals surface area contributed by atoms with Gasteiger partial charge in [-0.25, -0.2) is 4.39 Å². The lowest BCUT2D eigenvalue weighted by molar-refractivity contribution is 0.0859. The second kappa shape index (κ2) is 5.95. The highest BCUT2D eigenvalue weighted by atomic mass is 32.2. The molecule has 0 amide bonds. The van der Waals surface area contributed by atoms with Gasteiger partial charge in [-0.05, 0) is 18.4 Å². The first-order valence-corrected chi connectivity index (χ1v) is 5.61. The third-order valence-electron chi connectivity index (χ3n) is 1.93. The molecule has 0 aliphatic rings. The summed E-state index contributed by atoms with van der Waals surface area (Å²) in [5, 5.41) is 0. The highest BCUT2D eigenvalue weighted by Gasteiger charge is 2.10. The zero-order valence-corrected chi connectivity index (χ0v) is 9.78. The van der Waals surface area contributed by atoms with Crippen LogP contribution in [-0.2, 0) is 11.4 Å². The van der Waals surface area contributed by atoms with Crippen LogP contribution in [0.4, 0.5) is 4.39 Å². The number of thioether (sulfide) groups is 1. The van der Waals surface area contributed by atoms with Gasteiger partial charge in [-0.2, -0.15) is 5.48 Å². The van der Waals surface area contributed by atoms with Crippen molar-refractivity contribution >= 4 is 11.8 Å². The van der Waals surface area contributed by atoms with E-state index in [-0.39, 0.29) is 5.82 Å². The molecule has 0 spiro atoms. The van der Waals surface area contributed by atoms with E-state index in [4.69, 9.17) is 9.57 Å². The molecule has 0 saturated carbocycles. The first kappa shape index (κ1) is 12.3. The fourth-order valence-corrected chi connectivity index (χ4v) is 1.92. The maximum absolute atomic E-state index is 13.2. The molecule has 84 valence electrons. The highest BCUT2D eigenvalue weighted by molar-refractivity contribution is 7.98. The first-order valence-electron chi connectivity index (χ1n) is 4.39. The van der Waals surface area contributed by atoms with Crippen LogP contribution in [0.2, 0.25) is 0 Å². The van der Waals surface area contributed by atoms with Gasteiger partial charge in [0, 0.05) is 12.1 Å². The van der Waals surface area contributed by atoms with Gasteiger partial charge in [-0.1, -0.05) is 0 Å². The van der Waals surface area contributed by atoms with Gasteiger partial charge in [0.05, 0.1) is 19.1 Å². The molecule has 15 heavy (non-hydrogen) atoms. The molecule has 0 aromatic heterocycles. The molecular formula is C10H14FNO2S. The minimum Gasteiger partial charge on any atom is -0.495 e. The maximum Gasteiger partial charge on any atom is 0.137 e. The number of hydrogen-bond donors (Lipinski definition) is 1. The molecule has 0 aliphatic carbocycles. The monoisotopic (exact) mass is 231 g/mol. The van der Waals surface area contributed by atoms with Crippen LogP contribution in [-0.4, -0.2) is 20.5 Å². The SMILES string of the molecule is CONCc1cc(F)cc(SC)c1OC. The highest BCUT2D eigenvalue weighted by Crippen LogP contribution is 2.32. The number of rotatable bonds is 5. The van der Waals surface area contributed by atoms with Gasteiger partial charge in [0.25, 0.3) is 0 Å². The summed E-state index contributed by atoms with van der Waals surface area (Å²) in [6.07, 6.45) is 1.88. The molecule has 0 bridgehead atoms. The predicted octanol–water partition coefficient (Wildman–Crippen LogP) is 2.21. The van der Waals surface area contributed by atoms with E-state index in [0.29, 0.717) is 12.3 Å². The van der Waals surface area contributed by atoms with Gasteiger partial charge in [0.2, 0.25) is 0 Å². The number of halogens is 1. The van der Waals surface area contributed by atoms with Crippen LogP contribution in [0.15, 0.2) is 17.0 Å². The Balaban J connectivity index is 3.05. The largest absolute Gasteiger partial charge is 0.495 e. The van der Waals surface area contributed by atoms with Crippen LogP contribution in [0.3, 0.4) is 0 Å². The molecule has 1 aromatic carbocycles. The van der Waals surface area contributed by atoms with E-state index in [1.54, 1.807) is 7.11 Å². The van der Waals surface area contributed by atoms with Crippen LogP contribution in [0.5, 0.6) is 5.75 Å². The average Bonchev–Trinajstić information content (AvgIpc) is 2.25. The van der Waals surface area contributed by atoms with E-state index in [1.165, 1.54) is 31.0 Å². The Labute approximate surface area is 92.9 Å². The molecule has 0 atom stereocenters. The lowest BCUT2D eigenvalue weighted by Gasteiger charge is -2.12. The van der Waals surface area contributed by atoms with Crippen LogP contribution < -0.4 is 10.2 Å². The Bertz CT molecular complexity index is 333. The summed E-state index contributed by atoms with van der Waals surface area (Å²) in [4.78, 5) is 5.51. The number of ether oxygens (including phenoxy) is 1. The molecule has 0 fully saturated rings.